The van der Waals surface area contributed by atoms with Crippen molar-refractivity contribution < 1.29 is 4.52 Å². The average Bonchev–Trinajstić information content (AvgIpc) is 3.43. The molecule has 0 aliphatic heterocycles. The average molecular weight is 361 g/mol. The fourth-order valence-electron chi connectivity index (χ4n) is 3.63. The molecule has 1 aliphatic rings. The van der Waals surface area contributed by atoms with Gasteiger partial charge >= 0.3 is 0 Å². The van der Waals surface area contributed by atoms with Gasteiger partial charge in [-0.2, -0.15) is 10.1 Å². The predicted molar refractivity (Wildman–Crippen MR) is 100 cm³/mol. The molecule has 1 aromatic carbocycles. The summed E-state index contributed by atoms with van der Waals surface area (Å²) >= 11 is 0. The van der Waals surface area contributed by atoms with Gasteiger partial charge in [0.1, 0.15) is 12.1 Å². The molecule has 2 atom stereocenters. The molecule has 0 amide bonds. The predicted octanol–water partition coefficient (Wildman–Crippen LogP) is 3.46. The Kier molecular flexibility index (Phi) is 3.81. The van der Waals surface area contributed by atoms with Gasteiger partial charge in [0, 0.05) is 17.5 Å². The first-order chi connectivity index (χ1) is 13.3. The number of nitrogens with one attached hydrogen (secondary N) is 2. The fourth-order valence-corrected chi connectivity index (χ4v) is 3.63. The van der Waals surface area contributed by atoms with Gasteiger partial charge in [0.15, 0.2) is 5.65 Å². The highest BCUT2D eigenvalue weighted by atomic mass is 16.5. The zero-order chi connectivity index (χ0) is 18.2. The number of aromatic amines is 1. The van der Waals surface area contributed by atoms with Crippen molar-refractivity contribution in [3.63, 3.8) is 0 Å². The van der Waals surface area contributed by atoms with Crippen molar-refractivity contribution in [1.82, 2.24) is 30.3 Å². The van der Waals surface area contributed by atoms with E-state index in [0.29, 0.717) is 17.8 Å². The van der Waals surface area contributed by atoms with Crippen LogP contribution in [0.5, 0.6) is 0 Å². The Bertz CT molecular complexity index is 1070. The van der Waals surface area contributed by atoms with Crippen molar-refractivity contribution in [1.29, 1.82) is 0 Å². The third-order valence-electron chi connectivity index (χ3n) is 5.12. The SMILES string of the molecule is Cc1ccc(-c2noc([C@H]3CC[C@H](Nc4ncnc5[nH]ncc45)C3)n2)cc1. The van der Waals surface area contributed by atoms with Crippen LogP contribution in [-0.4, -0.2) is 36.3 Å². The maximum Gasteiger partial charge on any atom is 0.230 e. The summed E-state index contributed by atoms with van der Waals surface area (Å²) in [6, 6.07) is 8.46. The number of H-pyrrole nitrogens is 1. The van der Waals surface area contributed by atoms with Crippen molar-refractivity contribution in [2.24, 2.45) is 0 Å². The number of nitrogens with zero attached hydrogens (tertiary/aromatic N) is 5. The Labute approximate surface area is 155 Å². The number of rotatable bonds is 4. The molecule has 0 spiro atoms. The van der Waals surface area contributed by atoms with E-state index in [1.54, 1.807) is 12.5 Å². The lowest BCUT2D eigenvalue weighted by molar-refractivity contribution is 0.354. The van der Waals surface area contributed by atoms with Crippen LogP contribution < -0.4 is 5.32 Å². The van der Waals surface area contributed by atoms with E-state index in [1.807, 2.05) is 12.1 Å². The Morgan fingerprint density at radius 1 is 1.15 bits per heavy atom. The second kappa shape index (κ2) is 6.46. The first kappa shape index (κ1) is 15.9. The van der Waals surface area contributed by atoms with E-state index in [-0.39, 0.29) is 5.92 Å². The van der Waals surface area contributed by atoms with Crippen LogP contribution in [0.2, 0.25) is 0 Å². The maximum atomic E-state index is 5.56. The molecule has 1 fully saturated rings. The Balaban J connectivity index is 1.30. The van der Waals surface area contributed by atoms with Crippen LogP contribution in [0.25, 0.3) is 22.4 Å². The Hall–Kier alpha value is -3.29. The number of fused-ring (bicyclic) bond motifs is 1. The third-order valence-corrected chi connectivity index (χ3v) is 5.12. The molecule has 8 heteroatoms. The molecule has 0 saturated heterocycles. The Morgan fingerprint density at radius 3 is 2.93 bits per heavy atom. The first-order valence-electron chi connectivity index (χ1n) is 9.07. The first-order valence-corrected chi connectivity index (χ1v) is 9.07. The summed E-state index contributed by atoms with van der Waals surface area (Å²) in [5, 5.41) is 15.5. The third kappa shape index (κ3) is 3.03. The van der Waals surface area contributed by atoms with Crippen molar-refractivity contribution in [2.45, 2.75) is 38.1 Å². The number of aromatic nitrogens is 6. The molecule has 5 rings (SSSR count). The monoisotopic (exact) mass is 361 g/mol. The van der Waals surface area contributed by atoms with E-state index in [4.69, 9.17) is 4.52 Å². The number of anilines is 1. The minimum Gasteiger partial charge on any atom is -0.367 e. The van der Waals surface area contributed by atoms with E-state index in [9.17, 15) is 0 Å². The molecule has 0 bridgehead atoms. The molecule has 2 N–H and O–H groups in total. The zero-order valence-corrected chi connectivity index (χ0v) is 14.9. The van der Waals surface area contributed by atoms with Crippen molar-refractivity contribution in [3.05, 3.63) is 48.2 Å². The van der Waals surface area contributed by atoms with E-state index in [1.165, 1.54) is 5.56 Å². The molecule has 8 nitrogen and oxygen atoms in total. The van der Waals surface area contributed by atoms with Gasteiger partial charge in [-0.25, -0.2) is 9.97 Å². The van der Waals surface area contributed by atoms with E-state index >= 15 is 0 Å². The zero-order valence-electron chi connectivity index (χ0n) is 14.9. The number of aryl methyl sites for hydroxylation is 1. The highest BCUT2D eigenvalue weighted by Crippen LogP contribution is 2.36. The fraction of sp³-hybridized carbons (Fsp3) is 0.316. The smallest absolute Gasteiger partial charge is 0.230 e. The molecule has 3 heterocycles. The van der Waals surface area contributed by atoms with Gasteiger partial charge in [-0.15, -0.1) is 0 Å². The van der Waals surface area contributed by atoms with Gasteiger partial charge in [-0.3, -0.25) is 5.10 Å². The van der Waals surface area contributed by atoms with Gasteiger partial charge in [0.2, 0.25) is 11.7 Å². The van der Waals surface area contributed by atoms with Gasteiger partial charge < -0.3 is 9.84 Å². The van der Waals surface area contributed by atoms with E-state index in [0.717, 1.165) is 41.7 Å². The number of hydrogen-bond acceptors (Lipinski definition) is 7. The van der Waals surface area contributed by atoms with Crippen LogP contribution in [0.4, 0.5) is 5.82 Å². The van der Waals surface area contributed by atoms with E-state index < -0.39 is 0 Å². The molecule has 3 aromatic heterocycles. The Morgan fingerprint density at radius 2 is 2.04 bits per heavy atom. The highest BCUT2D eigenvalue weighted by Gasteiger charge is 2.30. The van der Waals surface area contributed by atoms with E-state index in [2.05, 4.69) is 54.7 Å². The van der Waals surface area contributed by atoms with Crippen LogP contribution >= 0.6 is 0 Å². The molecule has 4 aromatic rings. The standard InChI is InChI=1S/C19H19N7O/c1-11-2-4-12(5-3-11)16-24-19(27-26-16)13-6-7-14(8-13)23-17-15-9-22-25-18(15)21-10-20-17/h2-5,9-10,13-14H,6-8H2,1H3,(H2,20,21,22,23,25)/t13-,14-/m0/s1. The lowest BCUT2D eigenvalue weighted by atomic mass is 10.1. The minimum atomic E-state index is 0.260. The van der Waals surface area contributed by atoms with Gasteiger partial charge in [-0.1, -0.05) is 35.0 Å². The largest absolute Gasteiger partial charge is 0.367 e. The molecule has 27 heavy (non-hydrogen) atoms. The van der Waals surface area contributed by atoms with Crippen molar-refractivity contribution in [2.75, 3.05) is 5.32 Å². The molecule has 0 unspecified atom stereocenters. The molecule has 1 aliphatic carbocycles. The molecular formula is C19H19N7O. The molecule has 0 radical (unpaired) electrons. The topological polar surface area (TPSA) is 105 Å². The van der Waals surface area contributed by atoms with Crippen LogP contribution in [0.15, 0.2) is 41.3 Å². The summed E-state index contributed by atoms with van der Waals surface area (Å²) in [5.74, 6) is 2.43. The number of hydrogen-bond donors (Lipinski definition) is 2. The van der Waals surface area contributed by atoms with Crippen molar-refractivity contribution >= 4 is 16.9 Å². The minimum absolute atomic E-state index is 0.260. The van der Waals surface area contributed by atoms with Gasteiger partial charge in [0.05, 0.1) is 11.6 Å². The summed E-state index contributed by atoms with van der Waals surface area (Å²) in [7, 11) is 0. The normalized spacial score (nSPS) is 19.6. The number of benzene rings is 1. The highest BCUT2D eigenvalue weighted by molar-refractivity contribution is 5.85. The summed E-state index contributed by atoms with van der Waals surface area (Å²) in [6.07, 6.45) is 6.25. The summed E-state index contributed by atoms with van der Waals surface area (Å²) in [5.41, 5.74) is 2.93. The van der Waals surface area contributed by atoms with Crippen LogP contribution in [0.3, 0.4) is 0 Å². The van der Waals surface area contributed by atoms with Crippen LogP contribution in [0.1, 0.15) is 36.6 Å². The summed E-state index contributed by atoms with van der Waals surface area (Å²) in [6.45, 7) is 2.06. The van der Waals surface area contributed by atoms with Gasteiger partial charge in [0.25, 0.3) is 0 Å². The molecule has 136 valence electrons. The van der Waals surface area contributed by atoms with Crippen LogP contribution in [0, 0.1) is 6.92 Å². The second-order valence-corrected chi connectivity index (χ2v) is 7.03. The lowest BCUT2D eigenvalue weighted by Crippen LogP contribution is -2.16. The second-order valence-electron chi connectivity index (χ2n) is 7.03. The molecule has 1 saturated carbocycles. The van der Waals surface area contributed by atoms with Crippen molar-refractivity contribution in [3.8, 4) is 11.4 Å². The van der Waals surface area contributed by atoms with Crippen LogP contribution in [-0.2, 0) is 0 Å². The summed E-state index contributed by atoms with van der Waals surface area (Å²) in [4.78, 5) is 13.2. The quantitative estimate of drug-likeness (QED) is 0.573. The lowest BCUT2D eigenvalue weighted by Gasteiger charge is -2.13. The van der Waals surface area contributed by atoms with Gasteiger partial charge in [-0.05, 0) is 26.2 Å². The molecular weight excluding hydrogens is 342 g/mol. The maximum absolute atomic E-state index is 5.56. The summed E-state index contributed by atoms with van der Waals surface area (Å²) < 4.78 is 5.56.